The van der Waals surface area contributed by atoms with Gasteiger partial charge < -0.3 is 15.5 Å². The zero-order chi connectivity index (χ0) is 22.7. The highest BCUT2D eigenvalue weighted by Gasteiger charge is 2.37. The number of hydrogen-bond acceptors (Lipinski definition) is 5. The maximum absolute atomic E-state index is 14.5. The van der Waals surface area contributed by atoms with Gasteiger partial charge in [0.15, 0.2) is 0 Å². The first-order chi connectivity index (χ1) is 16.0. The van der Waals surface area contributed by atoms with Gasteiger partial charge >= 0.3 is 0 Å². The predicted molar refractivity (Wildman–Crippen MR) is 124 cm³/mol. The molecule has 1 amide bonds. The van der Waals surface area contributed by atoms with Crippen molar-refractivity contribution in [1.29, 1.82) is 0 Å². The minimum absolute atomic E-state index is 0.0510. The molecule has 0 radical (unpaired) electrons. The van der Waals surface area contributed by atoms with Crippen molar-refractivity contribution in [3.05, 3.63) is 59.3 Å². The first-order valence-electron chi connectivity index (χ1n) is 11.6. The second-order valence-corrected chi connectivity index (χ2v) is 9.39. The third-order valence-corrected chi connectivity index (χ3v) is 7.10. The molecule has 1 saturated carbocycles. The first-order valence-corrected chi connectivity index (χ1v) is 11.6. The van der Waals surface area contributed by atoms with Crippen LogP contribution < -0.4 is 10.6 Å². The van der Waals surface area contributed by atoms with Gasteiger partial charge in [-0.25, -0.2) is 9.37 Å². The van der Waals surface area contributed by atoms with Crippen molar-refractivity contribution in [3.8, 4) is 11.1 Å². The van der Waals surface area contributed by atoms with Gasteiger partial charge in [-0.1, -0.05) is 0 Å². The quantitative estimate of drug-likeness (QED) is 0.610. The van der Waals surface area contributed by atoms with Crippen LogP contribution in [0.5, 0.6) is 0 Å². The predicted octanol–water partition coefficient (Wildman–Crippen LogP) is 4.05. The summed E-state index contributed by atoms with van der Waals surface area (Å²) in [7, 11) is 1.89. The molecule has 4 heterocycles. The van der Waals surface area contributed by atoms with Gasteiger partial charge in [0, 0.05) is 48.7 Å². The summed E-state index contributed by atoms with van der Waals surface area (Å²) in [4.78, 5) is 22.6. The number of nitrogens with two attached hydrogens (primary N) is 1. The number of amides is 1. The van der Waals surface area contributed by atoms with E-state index in [1.165, 1.54) is 12.1 Å². The Morgan fingerprint density at radius 2 is 1.94 bits per heavy atom. The summed E-state index contributed by atoms with van der Waals surface area (Å²) in [5.74, 6) is 0.0611. The van der Waals surface area contributed by atoms with E-state index < -0.39 is 0 Å². The third kappa shape index (κ3) is 3.44. The monoisotopic (exact) mass is 446 g/mol. The van der Waals surface area contributed by atoms with E-state index in [4.69, 9.17) is 10.8 Å². The minimum atomic E-state index is -0.330. The van der Waals surface area contributed by atoms with Crippen LogP contribution in [-0.4, -0.2) is 38.2 Å². The maximum atomic E-state index is 14.5. The molecule has 2 fully saturated rings. The number of rotatable bonds is 1. The summed E-state index contributed by atoms with van der Waals surface area (Å²) < 4.78 is 16.3. The molecule has 0 unspecified atom stereocenters. The zero-order valence-corrected chi connectivity index (χ0v) is 18.7. The average Bonchev–Trinajstić information content (AvgIpc) is 3.59. The first kappa shape index (κ1) is 20.2. The lowest BCUT2D eigenvalue weighted by Gasteiger charge is -2.39. The van der Waals surface area contributed by atoms with Gasteiger partial charge in [0.05, 0.1) is 24.0 Å². The molecule has 6 rings (SSSR count). The number of nitrogens with zero attached hydrogens (tertiary/aromatic N) is 5. The standard InChI is InChI=1S/C25H27FN6O/c1-30-13-20-15-10-23(24(27)28-12-15)31-9-3-2-4-22(31)19-11-16(26)5-8-18(19)25(33)32(17-6-7-17)14-21(20)29-30/h5,8,10-13,17,22H,2-4,6-7,9,14H2,1H3,(H2,27,28)/t22-/m1/s1. The van der Waals surface area contributed by atoms with Crippen molar-refractivity contribution in [2.24, 2.45) is 7.05 Å². The maximum Gasteiger partial charge on any atom is 0.254 e. The molecule has 1 aliphatic carbocycles. The van der Waals surface area contributed by atoms with E-state index in [0.29, 0.717) is 17.9 Å². The van der Waals surface area contributed by atoms with Gasteiger partial charge in [0.2, 0.25) is 0 Å². The van der Waals surface area contributed by atoms with E-state index in [-0.39, 0.29) is 23.8 Å². The van der Waals surface area contributed by atoms with Gasteiger partial charge in [-0.05, 0) is 61.9 Å². The number of fused-ring (bicyclic) bond motifs is 8. The number of hydrogen-bond donors (Lipinski definition) is 1. The molecule has 2 bridgehead atoms. The summed E-state index contributed by atoms with van der Waals surface area (Å²) >= 11 is 0. The average molecular weight is 447 g/mol. The summed E-state index contributed by atoms with van der Waals surface area (Å²) in [6.45, 7) is 1.18. The largest absolute Gasteiger partial charge is 0.382 e. The van der Waals surface area contributed by atoms with Crippen molar-refractivity contribution in [1.82, 2.24) is 19.7 Å². The van der Waals surface area contributed by atoms with E-state index in [9.17, 15) is 9.18 Å². The van der Waals surface area contributed by atoms with Gasteiger partial charge in [0.1, 0.15) is 11.6 Å². The summed E-state index contributed by atoms with van der Waals surface area (Å²) in [6.07, 6.45) is 8.56. The minimum Gasteiger partial charge on any atom is -0.382 e. The number of anilines is 2. The molecule has 1 atom stereocenters. The molecule has 2 aromatic heterocycles. The van der Waals surface area contributed by atoms with Gasteiger partial charge in [-0.15, -0.1) is 0 Å². The molecule has 33 heavy (non-hydrogen) atoms. The molecule has 0 spiro atoms. The number of halogens is 1. The molecule has 2 N–H and O–H groups in total. The van der Waals surface area contributed by atoms with Crippen LogP contribution in [0.25, 0.3) is 11.1 Å². The molecule has 7 nitrogen and oxygen atoms in total. The summed E-state index contributed by atoms with van der Waals surface area (Å²) in [5, 5.41) is 4.69. The Morgan fingerprint density at radius 3 is 2.76 bits per heavy atom. The van der Waals surface area contributed by atoms with Crippen LogP contribution >= 0.6 is 0 Å². The van der Waals surface area contributed by atoms with Gasteiger partial charge in [-0.2, -0.15) is 5.10 Å². The number of nitrogen functional groups attached to an aromatic ring is 1. The van der Waals surface area contributed by atoms with Crippen LogP contribution in [0.4, 0.5) is 15.9 Å². The fraction of sp³-hybridized carbons (Fsp3) is 0.400. The molecule has 3 aliphatic rings. The van der Waals surface area contributed by atoms with Crippen molar-refractivity contribution in [2.75, 3.05) is 17.2 Å². The second-order valence-electron chi connectivity index (χ2n) is 9.39. The zero-order valence-electron chi connectivity index (χ0n) is 18.7. The van der Waals surface area contributed by atoms with Crippen molar-refractivity contribution in [3.63, 3.8) is 0 Å². The molecule has 8 heteroatoms. The van der Waals surface area contributed by atoms with E-state index in [1.54, 1.807) is 16.9 Å². The summed E-state index contributed by atoms with van der Waals surface area (Å²) in [6, 6.07) is 6.71. The fourth-order valence-corrected chi connectivity index (χ4v) is 5.35. The van der Waals surface area contributed by atoms with E-state index in [0.717, 1.165) is 66.7 Å². The van der Waals surface area contributed by atoms with Crippen LogP contribution in [0.1, 0.15) is 59.8 Å². The molecule has 1 aromatic carbocycles. The fourth-order valence-electron chi connectivity index (χ4n) is 5.35. The molecular formula is C25H27FN6O. The lowest BCUT2D eigenvalue weighted by atomic mass is 9.90. The Kier molecular flexibility index (Phi) is 4.64. The normalized spacial score (nSPS) is 20.4. The smallest absolute Gasteiger partial charge is 0.254 e. The Labute approximate surface area is 192 Å². The Morgan fingerprint density at radius 1 is 1.09 bits per heavy atom. The van der Waals surface area contributed by atoms with E-state index in [1.807, 2.05) is 18.1 Å². The highest BCUT2D eigenvalue weighted by molar-refractivity contribution is 5.96. The molecule has 3 aromatic rings. The number of aromatic nitrogens is 3. The van der Waals surface area contributed by atoms with E-state index >= 15 is 0 Å². The number of piperidine rings is 1. The number of carbonyl (C=O) groups excluding carboxylic acids is 1. The van der Waals surface area contributed by atoms with Crippen LogP contribution in [0.2, 0.25) is 0 Å². The molecule has 170 valence electrons. The Bertz CT molecular complexity index is 1250. The lowest BCUT2D eigenvalue weighted by molar-refractivity contribution is 0.0725. The van der Waals surface area contributed by atoms with E-state index in [2.05, 4.69) is 16.0 Å². The lowest BCUT2D eigenvalue weighted by Crippen LogP contribution is -2.38. The summed E-state index contributed by atoms with van der Waals surface area (Å²) in [5.41, 5.74) is 11.2. The number of benzene rings is 1. The van der Waals surface area contributed by atoms with Crippen LogP contribution in [0.15, 0.2) is 36.7 Å². The third-order valence-electron chi connectivity index (χ3n) is 7.10. The molecular weight excluding hydrogens is 419 g/mol. The number of pyridine rings is 1. The van der Waals surface area contributed by atoms with Crippen LogP contribution in [-0.2, 0) is 13.6 Å². The highest BCUT2D eigenvalue weighted by Crippen LogP contribution is 2.42. The van der Waals surface area contributed by atoms with Crippen LogP contribution in [0.3, 0.4) is 0 Å². The van der Waals surface area contributed by atoms with Crippen molar-refractivity contribution >= 4 is 17.4 Å². The Hall–Kier alpha value is -3.42. The molecule has 1 saturated heterocycles. The second kappa shape index (κ2) is 7.57. The highest BCUT2D eigenvalue weighted by atomic mass is 19.1. The van der Waals surface area contributed by atoms with Crippen molar-refractivity contribution in [2.45, 2.75) is 50.7 Å². The topological polar surface area (TPSA) is 80.3 Å². The van der Waals surface area contributed by atoms with Gasteiger partial charge in [-0.3, -0.25) is 9.48 Å². The van der Waals surface area contributed by atoms with Gasteiger partial charge in [0.25, 0.3) is 5.91 Å². The number of aryl methyl sites for hydroxylation is 1. The van der Waals surface area contributed by atoms with Crippen LogP contribution in [0, 0.1) is 5.82 Å². The molecule has 2 aliphatic heterocycles. The number of carbonyl (C=O) groups is 1. The van der Waals surface area contributed by atoms with Crippen molar-refractivity contribution < 1.29 is 9.18 Å². The SMILES string of the molecule is Cn1cc2c(n1)CN(C1CC1)C(=O)c1ccc(F)cc1[C@H]1CCCCN1c1cc-2cnc1N. The Balaban J connectivity index is 1.61.